The molecule has 4 rings (SSSR count). The number of carbonyl (C=O) groups excluding carboxylic acids is 1. The first kappa shape index (κ1) is 21.2. The van der Waals surface area contributed by atoms with Gasteiger partial charge in [-0.3, -0.25) is 9.36 Å². The van der Waals surface area contributed by atoms with E-state index in [1.165, 1.54) is 11.8 Å². The number of nitrogens with one attached hydrogen (secondary N) is 1. The number of thioether (sulfide) groups is 1. The Morgan fingerprint density at radius 3 is 2.68 bits per heavy atom. The van der Waals surface area contributed by atoms with Crippen molar-refractivity contribution in [3.8, 4) is 11.4 Å². The van der Waals surface area contributed by atoms with E-state index < -0.39 is 0 Å². The number of hydrogen-bond acceptors (Lipinski definition) is 7. The lowest BCUT2D eigenvalue weighted by atomic mass is 10.2. The highest BCUT2D eigenvalue weighted by Crippen LogP contribution is 2.27. The number of furan rings is 1. The van der Waals surface area contributed by atoms with Crippen LogP contribution in [0.1, 0.15) is 5.76 Å². The maximum absolute atomic E-state index is 12.5. The van der Waals surface area contributed by atoms with E-state index in [-0.39, 0.29) is 11.7 Å². The molecule has 8 nitrogen and oxygen atoms in total. The summed E-state index contributed by atoms with van der Waals surface area (Å²) in [6.07, 6.45) is 3.41. The topological polar surface area (TPSA) is 85.4 Å². The third-order valence-corrected chi connectivity index (χ3v) is 5.95. The summed E-state index contributed by atoms with van der Waals surface area (Å²) < 4.78 is 12.7. The lowest BCUT2D eigenvalue weighted by molar-refractivity contribution is -0.113. The Labute approximate surface area is 185 Å². The molecule has 1 N–H and O–H groups in total. The fourth-order valence-electron chi connectivity index (χ4n) is 3.41. The van der Waals surface area contributed by atoms with E-state index >= 15 is 0 Å². The van der Waals surface area contributed by atoms with E-state index in [0.717, 1.165) is 49.0 Å². The van der Waals surface area contributed by atoms with Crippen LogP contribution in [0, 0.1) is 6.92 Å². The standard InChI is InChI=1S/C22H25N5O3S/c1-3-9-27-21(19-8-12-30-16(19)2)24-25-22(27)31-15-20(28)23-17-4-6-18(7-5-17)26-10-13-29-14-11-26/h3-8,12H,1,9-11,13-15H2,2H3,(H,23,28). The molecule has 1 aromatic carbocycles. The minimum atomic E-state index is -0.0988. The highest BCUT2D eigenvalue weighted by molar-refractivity contribution is 7.99. The summed E-state index contributed by atoms with van der Waals surface area (Å²) in [6.45, 7) is 9.49. The van der Waals surface area contributed by atoms with Crippen molar-refractivity contribution in [1.82, 2.24) is 14.8 Å². The van der Waals surface area contributed by atoms with Crippen LogP contribution in [0.5, 0.6) is 0 Å². The molecule has 3 aromatic rings. The van der Waals surface area contributed by atoms with Crippen LogP contribution in [-0.4, -0.2) is 52.7 Å². The SMILES string of the molecule is C=CCn1c(SCC(=O)Nc2ccc(N3CCOCC3)cc2)nnc1-c1ccoc1C. The molecule has 0 bridgehead atoms. The van der Waals surface area contributed by atoms with Crippen molar-refractivity contribution in [2.75, 3.05) is 42.3 Å². The molecule has 0 atom stereocenters. The summed E-state index contributed by atoms with van der Waals surface area (Å²) in [5, 5.41) is 12.2. The zero-order valence-corrected chi connectivity index (χ0v) is 18.2. The number of carbonyl (C=O) groups is 1. The van der Waals surface area contributed by atoms with Gasteiger partial charge in [0.05, 0.1) is 30.8 Å². The van der Waals surface area contributed by atoms with Gasteiger partial charge < -0.3 is 19.4 Å². The number of amides is 1. The molecule has 9 heteroatoms. The first-order chi connectivity index (χ1) is 15.2. The van der Waals surface area contributed by atoms with Crippen LogP contribution in [-0.2, 0) is 16.1 Å². The van der Waals surface area contributed by atoms with Gasteiger partial charge in [0.25, 0.3) is 0 Å². The van der Waals surface area contributed by atoms with E-state index in [1.807, 2.05) is 41.8 Å². The fraction of sp³-hybridized carbons (Fsp3) is 0.318. The Kier molecular flexibility index (Phi) is 6.73. The normalized spacial score (nSPS) is 13.9. The number of benzene rings is 1. The van der Waals surface area contributed by atoms with Gasteiger partial charge in [-0.15, -0.1) is 16.8 Å². The Morgan fingerprint density at radius 2 is 2.00 bits per heavy atom. The molecule has 1 aliphatic heterocycles. The second-order valence-electron chi connectivity index (χ2n) is 7.08. The zero-order valence-electron chi connectivity index (χ0n) is 17.4. The van der Waals surface area contributed by atoms with Crippen LogP contribution >= 0.6 is 11.8 Å². The average Bonchev–Trinajstić information content (AvgIpc) is 3.39. The molecule has 3 heterocycles. The number of aromatic nitrogens is 3. The predicted molar refractivity (Wildman–Crippen MR) is 121 cm³/mol. The highest BCUT2D eigenvalue weighted by Gasteiger charge is 2.18. The molecule has 1 saturated heterocycles. The molecular formula is C22H25N5O3S. The van der Waals surface area contributed by atoms with Crippen molar-refractivity contribution in [2.24, 2.45) is 0 Å². The maximum Gasteiger partial charge on any atom is 0.234 e. The third-order valence-electron chi connectivity index (χ3n) is 4.99. The van der Waals surface area contributed by atoms with E-state index in [4.69, 9.17) is 9.15 Å². The van der Waals surface area contributed by atoms with Crippen molar-refractivity contribution < 1.29 is 13.9 Å². The van der Waals surface area contributed by atoms with Gasteiger partial charge in [0.2, 0.25) is 5.91 Å². The van der Waals surface area contributed by atoms with Crippen LogP contribution in [0.2, 0.25) is 0 Å². The molecule has 1 amide bonds. The number of rotatable bonds is 8. The van der Waals surface area contributed by atoms with Crippen LogP contribution < -0.4 is 10.2 Å². The molecule has 1 fully saturated rings. The Morgan fingerprint density at radius 1 is 1.23 bits per heavy atom. The van der Waals surface area contributed by atoms with E-state index in [2.05, 4.69) is 27.0 Å². The average molecular weight is 440 g/mol. The zero-order chi connectivity index (χ0) is 21.6. The summed E-state index contributed by atoms with van der Waals surface area (Å²) in [4.78, 5) is 14.8. The smallest absolute Gasteiger partial charge is 0.234 e. The van der Waals surface area contributed by atoms with Gasteiger partial charge in [0.1, 0.15) is 5.76 Å². The lowest BCUT2D eigenvalue weighted by Crippen LogP contribution is -2.36. The Hall–Kier alpha value is -3.04. The van der Waals surface area contributed by atoms with Gasteiger partial charge in [0, 0.05) is 31.0 Å². The molecular weight excluding hydrogens is 414 g/mol. The van der Waals surface area contributed by atoms with Gasteiger partial charge >= 0.3 is 0 Å². The van der Waals surface area contributed by atoms with Crippen molar-refractivity contribution >= 4 is 29.0 Å². The minimum Gasteiger partial charge on any atom is -0.469 e. The predicted octanol–water partition coefficient (Wildman–Crippen LogP) is 3.60. The Balaban J connectivity index is 1.37. The van der Waals surface area contributed by atoms with Crippen molar-refractivity contribution in [2.45, 2.75) is 18.6 Å². The first-order valence-electron chi connectivity index (χ1n) is 10.1. The first-order valence-corrected chi connectivity index (χ1v) is 11.1. The monoisotopic (exact) mass is 439 g/mol. The molecule has 31 heavy (non-hydrogen) atoms. The number of ether oxygens (including phenoxy) is 1. The van der Waals surface area contributed by atoms with Crippen molar-refractivity contribution in [3.63, 3.8) is 0 Å². The quantitative estimate of drug-likeness (QED) is 0.424. The van der Waals surface area contributed by atoms with Crippen LogP contribution in [0.15, 0.2) is 58.8 Å². The third kappa shape index (κ3) is 5.00. The molecule has 0 aliphatic carbocycles. The Bertz CT molecular complexity index is 1040. The summed E-state index contributed by atoms with van der Waals surface area (Å²) in [7, 11) is 0. The largest absolute Gasteiger partial charge is 0.469 e. The van der Waals surface area contributed by atoms with Gasteiger partial charge in [0.15, 0.2) is 11.0 Å². The fourth-order valence-corrected chi connectivity index (χ4v) is 4.16. The minimum absolute atomic E-state index is 0.0988. The van der Waals surface area contributed by atoms with Gasteiger partial charge in [-0.05, 0) is 37.3 Å². The molecule has 0 saturated carbocycles. The number of hydrogen-bond donors (Lipinski definition) is 1. The van der Waals surface area contributed by atoms with Gasteiger partial charge in [-0.2, -0.15) is 0 Å². The van der Waals surface area contributed by atoms with E-state index in [0.29, 0.717) is 17.5 Å². The highest BCUT2D eigenvalue weighted by atomic mass is 32.2. The lowest BCUT2D eigenvalue weighted by Gasteiger charge is -2.28. The molecule has 0 unspecified atom stereocenters. The number of nitrogens with zero attached hydrogens (tertiary/aromatic N) is 4. The second kappa shape index (κ2) is 9.84. The maximum atomic E-state index is 12.5. The molecule has 1 aliphatic rings. The van der Waals surface area contributed by atoms with Crippen LogP contribution in [0.4, 0.5) is 11.4 Å². The van der Waals surface area contributed by atoms with Crippen LogP contribution in [0.3, 0.4) is 0 Å². The summed E-state index contributed by atoms with van der Waals surface area (Å²) in [5.74, 6) is 1.60. The molecule has 0 spiro atoms. The molecule has 162 valence electrons. The van der Waals surface area contributed by atoms with E-state index in [1.54, 1.807) is 12.3 Å². The second-order valence-corrected chi connectivity index (χ2v) is 8.02. The van der Waals surface area contributed by atoms with Crippen molar-refractivity contribution in [3.05, 3.63) is 55.0 Å². The molecule has 0 radical (unpaired) electrons. The number of morpholine rings is 1. The summed E-state index contributed by atoms with van der Waals surface area (Å²) >= 11 is 1.34. The van der Waals surface area contributed by atoms with Gasteiger partial charge in [-0.25, -0.2) is 0 Å². The summed E-state index contributed by atoms with van der Waals surface area (Å²) in [6, 6.07) is 9.75. The van der Waals surface area contributed by atoms with Crippen LogP contribution in [0.25, 0.3) is 11.4 Å². The summed E-state index contributed by atoms with van der Waals surface area (Å²) in [5.41, 5.74) is 2.78. The number of allylic oxidation sites excluding steroid dienone is 1. The van der Waals surface area contributed by atoms with Crippen molar-refractivity contribution in [1.29, 1.82) is 0 Å². The molecule has 2 aromatic heterocycles. The number of aryl methyl sites for hydroxylation is 1. The van der Waals surface area contributed by atoms with Gasteiger partial charge in [-0.1, -0.05) is 17.8 Å². The van der Waals surface area contributed by atoms with E-state index in [9.17, 15) is 4.79 Å². The number of anilines is 2.